The van der Waals surface area contributed by atoms with Gasteiger partial charge in [0.2, 0.25) is 0 Å². The first-order valence-corrected chi connectivity index (χ1v) is 6.32. The minimum atomic E-state index is 0.665. The highest BCUT2D eigenvalue weighted by Gasteiger charge is 2.34. The highest BCUT2D eigenvalue weighted by molar-refractivity contribution is 5.53. The van der Waals surface area contributed by atoms with E-state index >= 15 is 0 Å². The molecule has 0 unspecified atom stereocenters. The molecular formula is C14H19NO2. The zero-order valence-electron chi connectivity index (χ0n) is 10.5. The lowest BCUT2D eigenvalue weighted by molar-refractivity contribution is 0.346. The number of fused-ring (bicyclic) bond motifs is 3. The van der Waals surface area contributed by atoms with E-state index in [0.717, 1.165) is 24.5 Å². The Hall–Kier alpha value is -1.22. The molecule has 1 aliphatic carbocycles. The molecule has 0 aromatic heterocycles. The molecule has 2 aliphatic rings. The van der Waals surface area contributed by atoms with Gasteiger partial charge in [-0.05, 0) is 37.4 Å². The molecule has 0 bridgehead atoms. The van der Waals surface area contributed by atoms with E-state index in [0.29, 0.717) is 12.0 Å². The number of rotatable bonds is 2. The molecule has 3 nitrogen and oxygen atoms in total. The van der Waals surface area contributed by atoms with Crippen molar-refractivity contribution in [1.29, 1.82) is 0 Å². The first kappa shape index (κ1) is 10.9. The van der Waals surface area contributed by atoms with Crippen LogP contribution in [-0.4, -0.2) is 26.8 Å². The first-order valence-electron chi connectivity index (χ1n) is 6.32. The lowest BCUT2D eigenvalue weighted by atomic mass is 9.79. The zero-order valence-corrected chi connectivity index (χ0v) is 10.5. The molecule has 17 heavy (non-hydrogen) atoms. The van der Waals surface area contributed by atoms with Gasteiger partial charge in [0.25, 0.3) is 0 Å². The number of benzene rings is 1. The summed E-state index contributed by atoms with van der Waals surface area (Å²) < 4.78 is 10.9. The van der Waals surface area contributed by atoms with Crippen molar-refractivity contribution in [3.8, 4) is 11.5 Å². The minimum Gasteiger partial charge on any atom is -0.493 e. The highest BCUT2D eigenvalue weighted by Crippen LogP contribution is 2.44. The van der Waals surface area contributed by atoms with Gasteiger partial charge < -0.3 is 14.8 Å². The summed E-state index contributed by atoms with van der Waals surface area (Å²) in [6, 6.07) is 4.93. The maximum Gasteiger partial charge on any atom is 0.164 e. The van der Waals surface area contributed by atoms with Crippen molar-refractivity contribution in [3.63, 3.8) is 0 Å². The monoisotopic (exact) mass is 233 g/mol. The predicted octanol–water partition coefficient (Wildman–Crippen LogP) is 2.10. The van der Waals surface area contributed by atoms with Crippen LogP contribution in [0.1, 0.15) is 29.9 Å². The number of methoxy groups -OCH3 is 2. The van der Waals surface area contributed by atoms with Crippen molar-refractivity contribution in [2.45, 2.75) is 31.2 Å². The first-order chi connectivity index (χ1) is 8.35. The quantitative estimate of drug-likeness (QED) is 0.848. The third-order valence-electron chi connectivity index (χ3n) is 4.14. The topological polar surface area (TPSA) is 30.5 Å². The van der Waals surface area contributed by atoms with Crippen LogP contribution in [0.3, 0.4) is 0 Å². The molecule has 1 aliphatic heterocycles. The number of hydrogen-bond acceptors (Lipinski definition) is 3. The lowest BCUT2D eigenvalue weighted by Gasteiger charge is -2.29. The van der Waals surface area contributed by atoms with Crippen LogP contribution in [0, 0.1) is 0 Å². The average molecular weight is 233 g/mol. The molecule has 0 radical (unpaired) electrons. The summed E-state index contributed by atoms with van der Waals surface area (Å²) in [5.74, 6) is 2.46. The second-order valence-corrected chi connectivity index (χ2v) is 4.86. The van der Waals surface area contributed by atoms with Gasteiger partial charge in [0.15, 0.2) is 11.5 Å². The van der Waals surface area contributed by atoms with Crippen molar-refractivity contribution in [2.24, 2.45) is 0 Å². The fraction of sp³-hybridized carbons (Fsp3) is 0.571. The second kappa shape index (κ2) is 4.22. The maximum absolute atomic E-state index is 5.54. The third-order valence-corrected chi connectivity index (χ3v) is 4.14. The fourth-order valence-electron chi connectivity index (χ4n) is 3.35. The Morgan fingerprint density at radius 3 is 2.82 bits per heavy atom. The van der Waals surface area contributed by atoms with Crippen LogP contribution in [0.4, 0.5) is 0 Å². The van der Waals surface area contributed by atoms with Gasteiger partial charge in [-0.15, -0.1) is 0 Å². The van der Waals surface area contributed by atoms with Gasteiger partial charge in [0.1, 0.15) is 0 Å². The third kappa shape index (κ3) is 1.61. The molecular weight excluding hydrogens is 214 g/mol. The molecule has 1 saturated heterocycles. The van der Waals surface area contributed by atoms with Crippen molar-refractivity contribution >= 4 is 0 Å². The summed E-state index contributed by atoms with van der Waals surface area (Å²) in [6.07, 6.45) is 3.54. The summed E-state index contributed by atoms with van der Waals surface area (Å²) in [5.41, 5.74) is 2.82. The molecule has 1 heterocycles. The average Bonchev–Trinajstić information content (AvgIpc) is 2.85. The minimum absolute atomic E-state index is 0.665. The highest BCUT2D eigenvalue weighted by atomic mass is 16.5. The largest absolute Gasteiger partial charge is 0.493 e. The Morgan fingerprint density at radius 2 is 2.06 bits per heavy atom. The summed E-state index contributed by atoms with van der Waals surface area (Å²) in [5, 5.41) is 3.59. The van der Waals surface area contributed by atoms with E-state index in [1.54, 1.807) is 14.2 Å². The van der Waals surface area contributed by atoms with Gasteiger partial charge in [0, 0.05) is 17.5 Å². The summed E-state index contributed by atoms with van der Waals surface area (Å²) in [7, 11) is 3.43. The van der Waals surface area contributed by atoms with Crippen LogP contribution in [0.15, 0.2) is 12.1 Å². The standard InChI is InChI=1S/C14H19NO2/c1-16-13-6-4-9-10-7-8-15-12(10)5-3-11(9)14(13)17-2/h4,6,10,12,15H,3,5,7-8H2,1-2H3/t10-,12+/m1/s1. The van der Waals surface area contributed by atoms with E-state index in [4.69, 9.17) is 9.47 Å². The van der Waals surface area contributed by atoms with E-state index in [2.05, 4.69) is 11.4 Å². The SMILES string of the molecule is COc1ccc2c(c1OC)CC[C@@H]1NCC[C@H]21. The van der Waals surface area contributed by atoms with Crippen LogP contribution in [0.5, 0.6) is 11.5 Å². The van der Waals surface area contributed by atoms with Crippen molar-refractivity contribution in [2.75, 3.05) is 20.8 Å². The number of ether oxygens (including phenoxy) is 2. The fourth-order valence-corrected chi connectivity index (χ4v) is 3.35. The Morgan fingerprint density at radius 1 is 1.18 bits per heavy atom. The molecule has 1 aromatic rings. The van der Waals surface area contributed by atoms with E-state index in [-0.39, 0.29) is 0 Å². The van der Waals surface area contributed by atoms with Crippen LogP contribution in [0.25, 0.3) is 0 Å². The molecule has 0 amide bonds. The van der Waals surface area contributed by atoms with Crippen molar-refractivity contribution in [3.05, 3.63) is 23.3 Å². The molecule has 3 rings (SSSR count). The zero-order chi connectivity index (χ0) is 11.8. The summed E-state index contributed by atoms with van der Waals surface area (Å²) in [4.78, 5) is 0. The van der Waals surface area contributed by atoms with E-state index < -0.39 is 0 Å². The molecule has 92 valence electrons. The van der Waals surface area contributed by atoms with Gasteiger partial charge in [-0.1, -0.05) is 6.07 Å². The number of nitrogens with one attached hydrogen (secondary N) is 1. The predicted molar refractivity (Wildman–Crippen MR) is 67.0 cm³/mol. The summed E-state index contributed by atoms with van der Waals surface area (Å²) >= 11 is 0. The van der Waals surface area contributed by atoms with Gasteiger partial charge in [0.05, 0.1) is 14.2 Å². The van der Waals surface area contributed by atoms with Gasteiger partial charge in [-0.3, -0.25) is 0 Å². The van der Waals surface area contributed by atoms with Gasteiger partial charge >= 0.3 is 0 Å². The van der Waals surface area contributed by atoms with Crippen LogP contribution < -0.4 is 14.8 Å². The lowest BCUT2D eigenvalue weighted by Crippen LogP contribution is -2.30. The van der Waals surface area contributed by atoms with Gasteiger partial charge in [-0.25, -0.2) is 0 Å². The maximum atomic E-state index is 5.54. The van der Waals surface area contributed by atoms with Crippen LogP contribution >= 0.6 is 0 Å². The smallest absolute Gasteiger partial charge is 0.164 e. The summed E-state index contributed by atoms with van der Waals surface area (Å²) in [6.45, 7) is 1.14. The molecule has 3 heteroatoms. The molecule has 1 aromatic carbocycles. The molecule has 1 N–H and O–H groups in total. The van der Waals surface area contributed by atoms with Gasteiger partial charge in [-0.2, -0.15) is 0 Å². The second-order valence-electron chi connectivity index (χ2n) is 4.86. The van der Waals surface area contributed by atoms with Crippen molar-refractivity contribution in [1.82, 2.24) is 5.32 Å². The van der Waals surface area contributed by atoms with E-state index in [1.807, 2.05) is 6.07 Å². The van der Waals surface area contributed by atoms with Crippen LogP contribution in [0.2, 0.25) is 0 Å². The van der Waals surface area contributed by atoms with Crippen molar-refractivity contribution < 1.29 is 9.47 Å². The Kier molecular flexibility index (Phi) is 2.71. The molecule has 2 atom stereocenters. The Balaban J connectivity index is 2.09. The van der Waals surface area contributed by atoms with Crippen LogP contribution in [-0.2, 0) is 6.42 Å². The number of hydrogen-bond donors (Lipinski definition) is 1. The Labute approximate surface area is 102 Å². The Bertz CT molecular complexity index is 430. The van der Waals surface area contributed by atoms with E-state index in [9.17, 15) is 0 Å². The molecule has 1 fully saturated rings. The molecule has 0 spiro atoms. The molecule has 0 saturated carbocycles. The normalized spacial score (nSPS) is 26.2. The van der Waals surface area contributed by atoms with E-state index in [1.165, 1.54) is 24.0 Å².